The highest BCUT2D eigenvalue weighted by atomic mass is 35.5. The van der Waals surface area contributed by atoms with Crippen LogP contribution in [-0.4, -0.2) is 30.7 Å². The Morgan fingerprint density at radius 2 is 2.17 bits per heavy atom. The number of halogens is 1. The van der Waals surface area contributed by atoms with Gasteiger partial charge in [0, 0.05) is 5.56 Å². The number of hydrogen-bond acceptors (Lipinski definition) is 4. The van der Waals surface area contributed by atoms with E-state index in [9.17, 15) is 9.90 Å². The Kier molecular flexibility index (Phi) is 4.99. The van der Waals surface area contributed by atoms with Crippen LogP contribution in [0, 0.1) is 0 Å². The van der Waals surface area contributed by atoms with E-state index in [1.54, 1.807) is 6.92 Å². The van der Waals surface area contributed by atoms with Gasteiger partial charge in [0.2, 0.25) is 0 Å². The minimum absolute atomic E-state index is 0.0972. The molecule has 5 heteroatoms. The normalized spacial score (nSPS) is 13.8. The van der Waals surface area contributed by atoms with Gasteiger partial charge in [-0.25, -0.2) is 0 Å². The van der Waals surface area contributed by atoms with Crippen LogP contribution in [0.1, 0.15) is 30.6 Å². The summed E-state index contributed by atoms with van der Waals surface area (Å²) in [5.41, 5.74) is -0.524. The predicted octanol–water partition coefficient (Wildman–Crippen LogP) is 2.70. The molecular weight excluding hydrogens is 256 g/mol. The van der Waals surface area contributed by atoms with E-state index in [1.807, 2.05) is 6.92 Å². The molecule has 1 unspecified atom stereocenters. The second-order valence-corrected chi connectivity index (χ2v) is 4.70. The van der Waals surface area contributed by atoms with Gasteiger partial charge >= 0.3 is 0 Å². The third-order valence-electron chi connectivity index (χ3n) is 2.68. The molecule has 1 atom stereocenters. The molecule has 18 heavy (non-hydrogen) atoms. The maximum absolute atomic E-state index is 10.7. The molecule has 4 nitrogen and oxygen atoms in total. The SMILES string of the molecule is CCC(C)(O)COc1c(Cl)cc(C=O)cc1OC. The smallest absolute Gasteiger partial charge is 0.179 e. The summed E-state index contributed by atoms with van der Waals surface area (Å²) in [4.78, 5) is 10.7. The molecule has 0 aliphatic carbocycles. The van der Waals surface area contributed by atoms with Gasteiger partial charge in [-0.2, -0.15) is 0 Å². The Labute approximate surface area is 111 Å². The number of aliphatic hydroxyl groups is 1. The largest absolute Gasteiger partial charge is 0.493 e. The highest BCUT2D eigenvalue weighted by molar-refractivity contribution is 6.32. The van der Waals surface area contributed by atoms with Crippen molar-refractivity contribution in [2.75, 3.05) is 13.7 Å². The molecule has 1 aromatic carbocycles. The van der Waals surface area contributed by atoms with Crippen molar-refractivity contribution >= 4 is 17.9 Å². The minimum atomic E-state index is -0.933. The highest BCUT2D eigenvalue weighted by Gasteiger charge is 2.21. The van der Waals surface area contributed by atoms with Gasteiger partial charge in [-0.05, 0) is 25.5 Å². The lowest BCUT2D eigenvalue weighted by Gasteiger charge is -2.22. The molecule has 1 N–H and O–H groups in total. The third kappa shape index (κ3) is 3.62. The monoisotopic (exact) mass is 272 g/mol. The number of carbonyl (C=O) groups is 1. The quantitative estimate of drug-likeness (QED) is 0.809. The minimum Gasteiger partial charge on any atom is -0.493 e. The first-order chi connectivity index (χ1) is 8.43. The topological polar surface area (TPSA) is 55.8 Å². The second kappa shape index (κ2) is 6.07. The standard InChI is InChI=1S/C13H17ClO4/c1-4-13(2,16)8-18-12-10(14)5-9(7-15)6-11(12)17-3/h5-7,16H,4,8H2,1-3H3. The van der Waals surface area contributed by atoms with Crippen LogP contribution in [0.4, 0.5) is 0 Å². The van der Waals surface area contributed by atoms with Crippen LogP contribution in [0.5, 0.6) is 11.5 Å². The van der Waals surface area contributed by atoms with E-state index in [2.05, 4.69) is 0 Å². The summed E-state index contributed by atoms with van der Waals surface area (Å²) in [7, 11) is 1.46. The van der Waals surface area contributed by atoms with Crippen LogP contribution < -0.4 is 9.47 Å². The zero-order chi connectivity index (χ0) is 13.8. The molecule has 0 spiro atoms. The first-order valence-electron chi connectivity index (χ1n) is 5.61. The predicted molar refractivity (Wildman–Crippen MR) is 69.8 cm³/mol. The lowest BCUT2D eigenvalue weighted by Crippen LogP contribution is -2.31. The van der Waals surface area contributed by atoms with Gasteiger partial charge in [-0.15, -0.1) is 0 Å². The average Bonchev–Trinajstić information content (AvgIpc) is 2.36. The number of methoxy groups -OCH3 is 1. The zero-order valence-electron chi connectivity index (χ0n) is 10.7. The first-order valence-corrected chi connectivity index (χ1v) is 5.99. The molecule has 0 radical (unpaired) electrons. The van der Waals surface area contributed by atoms with Gasteiger partial charge < -0.3 is 14.6 Å². The molecule has 100 valence electrons. The highest BCUT2D eigenvalue weighted by Crippen LogP contribution is 2.36. The number of carbonyl (C=O) groups excluding carboxylic acids is 1. The number of rotatable bonds is 6. The van der Waals surface area contributed by atoms with Crippen molar-refractivity contribution in [3.63, 3.8) is 0 Å². The summed E-state index contributed by atoms with van der Waals surface area (Å²) < 4.78 is 10.6. The fourth-order valence-corrected chi connectivity index (χ4v) is 1.55. The Morgan fingerprint density at radius 3 is 2.67 bits per heavy atom. The van der Waals surface area contributed by atoms with Gasteiger partial charge in [0.05, 0.1) is 17.7 Å². The van der Waals surface area contributed by atoms with E-state index in [-0.39, 0.29) is 11.6 Å². The fourth-order valence-electron chi connectivity index (χ4n) is 1.28. The number of benzene rings is 1. The van der Waals surface area contributed by atoms with Crippen LogP contribution in [0.25, 0.3) is 0 Å². The summed E-state index contributed by atoms with van der Waals surface area (Å²) >= 11 is 6.02. The van der Waals surface area contributed by atoms with Crippen molar-refractivity contribution in [2.45, 2.75) is 25.9 Å². The van der Waals surface area contributed by atoms with Crippen molar-refractivity contribution in [1.29, 1.82) is 0 Å². The van der Waals surface area contributed by atoms with Crippen molar-refractivity contribution < 1.29 is 19.4 Å². The summed E-state index contributed by atoms with van der Waals surface area (Å²) in [6.45, 7) is 3.63. The molecule has 1 rings (SSSR count). The molecule has 0 aromatic heterocycles. The van der Waals surface area contributed by atoms with Gasteiger partial charge in [0.25, 0.3) is 0 Å². The molecular formula is C13H17ClO4. The number of hydrogen-bond donors (Lipinski definition) is 1. The lowest BCUT2D eigenvalue weighted by molar-refractivity contribution is 0.00778. The third-order valence-corrected chi connectivity index (χ3v) is 2.96. The van der Waals surface area contributed by atoms with E-state index < -0.39 is 5.60 Å². The van der Waals surface area contributed by atoms with E-state index in [0.29, 0.717) is 29.8 Å². The summed E-state index contributed by atoms with van der Waals surface area (Å²) in [5, 5.41) is 10.2. The Balaban J connectivity index is 2.98. The van der Waals surface area contributed by atoms with Crippen LogP contribution in [0.2, 0.25) is 5.02 Å². The lowest BCUT2D eigenvalue weighted by atomic mass is 10.1. The molecule has 0 amide bonds. The first kappa shape index (κ1) is 14.8. The number of aldehydes is 1. The molecule has 0 bridgehead atoms. The van der Waals surface area contributed by atoms with E-state index in [0.717, 1.165) is 0 Å². The molecule has 1 aromatic rings. The Morgan fingerprint density at radius 1 is 1.50 bits per heavy atom. The van der Waals surface area contributed by atoms with Gasteiger partial charge in [-0.3, -0.25) is 4.79 Å². The Bertz CT molecular complexity index is 429. The summed E-state index contributed by atoms with van der Waals surface area (Å²) in [5.74, 6) is 0.704. The molecule has 0 aliphatic rings. The Hall–Kier alpha value is -1.26. The van der Waals surface area contributed by atoms with Gasteiger partial charge in [0.1, 0.15) is 12.9 Å². The molecule has 0 fully saturated rings. The van der Waals surface area contributed by atoms with Crippen molar-refractivity contribution in [2.24, 2.45) is 0 Å². The molecule has 0 heterocycles. The van der Waals surface area contributed by atoms with E-state index in [4.69, 9.17) is 21.1 Å². The summed E-state index contributed by atoms with van der Waals surface area (Å²) in [6.07, 6.45) is 1.24. The van der Waals surface area contributed by atoms with Gasteiger partial charge in [-0.1, -0.05) is 18.5 Å². The van der Waals surface area contributed by atoms with Crippen molar-refractivity contribution in [1.82, 2.24) is 0 Å². The number of ether oxygens (including phenoxy) is 2. The molecule has 0 saturated heterocycles. The average molecular weight is 273 g/mol. The maximum Gasteiger partial charge on any atom is 0.179 e. The van der Waals surface area contributed by atoms with E-state index >= 15 is 0 Å². The van der Waals surface area contributed by atoms with E-state index in [1.165, 1.54) is 19.2 Å². The van der Waals surface area contributed by atoms with Crippen LogP contribution >= 0.6 is 11.6 Å². The maximum atomic E-state index is 10.7. The van der Waals surface area contributed by atoms with Crippen molar-refractivity contribution in [3.05, 3.63) is 22.7 Å². The second-order valence-electron chi connectivity index (χ2n) is 4.29. The van der Waals surface area contributed by atoms with Crippen LogP contribution in [0.3, 0.4) is 0 Å². The van der Waals surface area contributed by atoms with Crippen LogP contribution in [-0.2, 0) is 0 Å². The van der Waals surface area contributed by atoms with Crippen LogP contribution in [0.15, 0.2) is 12.1 Å². The van der Waals surface area contributed by atoms with Gasteiger partial charge in [0.15, 0.2) is 11.5 Å². The zero-order valence-corrected chi connectivity index (χ0v) is 11.5. The van der Waals surface area contributed by atoms with Crippen molar-refractivity contribution in [3.8, 4) is 11.5 Å². The molecule has 0 aliphatic heterocycles. The summed E-state index contributed by atoms with van der Waals surface area (Å²) in [6, 6.07) is 3.03. The fraction of sp³-hybridized carbons (Fsp3) is 0.462. The molecule has 0 saturated carbocycles.